The lowest BCUT2D eigenvalue weighted by Gasteiger charge is -2.35. The molecule has 0 aliphatic carbocycles. The maximum Gasteiger partial charge on any atom is 0.243 e. The van der Waals surface area contributed by atoms with E-state index in [1.165, 1.54) is 4.90 Å². The summed E-state index contributed by atoms with van der Waals surface area (Å²) in [6.07, 6.45) is -0.600. The number of carbonyl (C=O) groups is 2. The first-order valence-electron chi connectivity index (χ1n) is 11.1. The number of aliphatic hydroxyl groups is 2. The van der Waals surface area contributed by atoms with Gasteiger partial charge in [0.2, 0.25) is 11.8 Å². The van der Waals surface area contributed by atoms with Gasteiger partial charge in [0.15, 0.2) is 0 Å². The molecule has 0 radical (unpaired) electrons. The SMILES string of the molecule is CN[C@H](C(=O)N1C[C@H](O)C[C@H]1C(=O)N[C@@H](CO)c1ccc(-c2scnc2C)cc1)C(C)(C)C. The second kappa shape index (κ2) is 10.3. The van der Waals surface area contributed by atoms with Crippen molar-refractivity contribution in [1.82, 2.24) is 20.5 Å². The number of carbonyl (C=O) groups excluding carboxylic acids is 2. The van der Waals surface area contributed by atoms with Gasteiger partial charge in [0.1, 0.15) is 6.04 Å². The van der Waals surface area contributed by atoms with Crippen LogP contribution in [0.4, 0.5) is 0 Å². The van der Waals surface area contributed by atoms with Gasteiger partial charge in [0.05, 0.1) is 40.9 Å². The fourth-order valence-electron chi connectivity index (χ4n) is 4.35. The number of hydrogen-bond acceptors (Lipinski definition) is 7. The Bertz CT molecular complexity index is 970. The monoisotopic (exact) mass is 474 g/mol. The van der Waals surface area contributed by atoms with Crippen molar-refractivity contribution in [3.8, 4) is 10.4 Å². The lowest BCUT2D eigenvalue weighted by Crippen LogP contribution is -2.56. The van der Waals surface area contributed by atoms with Gasteiger partial charge in [-0.3, -0.25) is 9.59 Å². The molecule has 1 fully saturated rings. The Morgan fingerprint density at radius 2 is 1.94 bits per heavy atom. The lowest BCUT2D eigenvalue weighted by molar-refractivity contribution is -0.142. The molecule has 4 N–H and O–H groups in total. The maximum atomic E-state index is 13.2. The van der Waals surface area contributed by atoms with E-state index in [1.807, 2.05) is 52.0 Å². The predicted molar refractivity (Wildman–Crippen MR) is 129 cm³/mol. The minimum Gasteiger partial charge on any atom is -0.394 e. The predicted octanol–water partition coefficient (Wildman–Crippen LogP) is 1.86. The molecule has 1 aromatic heterocycles. The van der Waals surface area contributed by atoms with Crippen molar-refractivity contribution in [1.29, 1.82) is 0 Å². The van der Waals surface area contributed by atoms with Crippen molar-refractivity contribution in [2.75, 3.05) is 20.2 Å². The Morgan fingerprint density at radius 3 is 2.45 bits per heavy atom. The highest BCUT2D eigenvalue weighted by Gasteiger charge is 2.43. The smallest absolute Gasteiger partial charge is 0.243 e. The van der Waals surface area contributed by atoms with Gasteiger partial charge in [-0.05, 0) is 30.5 Å². The van der Waals surface area contributed by atoms with E-state index < -0.39 is 24.2 Å². The largest absolute Gasteiger partial charge is 0.394 e. The number of aryl methyl sites for hydroxylation is 1. The van der Waals surface area contributed by atoms with E-state index in [2.05, 4.69) is 15.6 Å². The van der Waals surface area contributed by atoms with Gasteiger partial charge >= 0.3 is 0 Å². The fourth-order valence-corrected chi connectivity index (χ4v) is 5.16. The van der Waals surface area contributed by atoms with Crippen LogP contribution < -0.4 is 10.6 Å². The van der Waals surface area contributed by atoms with Crippen LogP contribution in [0, 0.1) is 12.3 Å². The van der Waals surface area contributed by atoms with E-state index in [0.717, 1.165) is 21.7 Å². The van der Waals surface area contributed by atoms with Gasteiger partial charge in [0.25, 0.3) is 0 Å². The van der Waals surface area contributed by atoms with Gasteiger partial charge in [-0.15, -0.1) is 11.3 Å². The van der Waals surface area contributed by atoms with E-state index in [-0.39, 0.29) is 36.8 Å². The number of nitrogens with one attached hydrogen (secondary N) is 2. The molecule has 1 aliphatic rings. The summed E-state index contributed by atoms with van der Waals surface area (Å²) < 4.78 is 0. The van der Waals surface area contributed by atoms with E-state index in [9.17, 15) is 19.8 Å². The van der Waals surface area contributed by atoms with Gasteiger partial charge in [0, 0.05) is 13.0 Å². The Balaban J connectivity index is 1.75. The second-order valence-corrected chi connectivity index (χ2v) is 10.5. The van der Waals surface area contributed by atoms with E-state index in [4.69, 9.17) is 0 Å². The number of likely N-dealkylation sites (N-methyl/N-ethyl adjacent to an activating group) is 1. The molecule has 8 nitrogen and oxygen atoms in total. The number of nitrogens with zero attached hydrogens (tertiary/aromatic N) is 2. The first-order chi connectivity index (χ1) is 15.6. The Labute approximate surface area is 199 Å². The molecule has 2 aromatic rings. The number of aromatic nitrogens is 1. The molecule has 0 spiro atoms. The first kappa shape index (κ1) is 25.3. The molecule has 0 saturated carbocycles. The Hall–Kier alpha value is -2.33. The van der Waals surface area contributed by atoms with Crippen LogP contribution in [-0.4, -0.2) is 70.3 Å². The number of β-amino-alcohol motifs (C(OH)–C–C–N with tert-alkyl or cyclic N) is 1. The average Bonchev–Trinajstić information content (AvgIpc) is 3.37. The number of rotatable bonds is 7. The van der Waals surface area contributed by atoms with Crippen molar-refractivity contribution in [2.24, 2.45) is 5.41 Å². The highest BCUT2D eigenvalue weighted by atomic mass is 32.1. The molecular weight excluding hydrogens is 440 g/mol. The molecule has 2 heterocycles. The fraction of sp³-hybridized carbons (Fsp3) is 0.542. The molecule has 33 heavy (non-hydrogen) atoms. The standard InChI is InChI=1S/C24H34N4O4S/c1-14-20(33-13-26-14)16-8-6-15(7-9-16)18(12-29)27-22(31)19-10-17(30)11-28(19)23(32)21(25-5)24(2,3)4/h6-9,13,17-19,21,25,29-30H,10-12H2,1-5H3,(H,27,31)/t17-,18+,19+,21-/m1/s1. The number of thiazole rings is 1. The number of hydrogen-bond donors (Lipinski definition) is 4. The molecule has 1 aromatic carbocycles. The van der Waals surface area contributed by atoms with Gasteiger partial charge < -0.3 is 25.7 Å². The summed E-state index contributed by atoms with van der Waals surface area (Å²) >= 11 is 1.56. The zero-order chi connectivity index (χ0) is 24.3. The van der Waals surface area contributed by atoms with Crippen LogP contribution in [0.2, 0.25) is 0 Å². The molecule has 3 rings (SSSR count). The summed E-state index contributed by atoms with van der Waals surface area (Å²) in [5.41, 5.74) is 4.19. The Kier molecular flexibility index (Phi) is 7.89. The number of benzene rings is 1. The van der Waals surface area contributed by atoms with E-state index in [1.54, 1.807) is 23.9 Å². The number of likely N-dealkylation sites (tertiary alicyclic amines) is 1. The zero-order valence-electron chi connectivity index (χ0n) is 19.8. The van der Waals surface area contributed by atoms with Crippen LogP contribution in [0.15, 0.2) is 29.8 Å². The Morgan fingerprint density at radius 1 is 1.27 bits per heavy atom. The van der Waals surface area contributed by atoms with E-state index in [0.29, 0.717) is 0 Å². The summed E-state index contributed by atoms with van der Waals surface area (Å²) in [4.78, 5) is 33.2. The van der Waals surface area contributed by atoms with Crippen molar-refractivity contribution in [2.45, 2.75) is 58.3 Å². The molecule has 4 atom stereocenters. The summed E-state index contributed by atoms with van der Waals surface area (Å²) in [7, 11) is 1.72. The molecule has 2 amide bonds. The van der Waals surface area contributed by atoms with Gasteiger partial charge in [-0.2, -0.15) is 0 Å². The zero-order valence-corrected chi connectivity index (χ0v) is 20.6. The van der Waals surface area contributed by atoms with Crippen LogP contribution in [0.3, 0.4) is 0 Å². The van der Waals surface area contributed by atoms with Gasteiger partial charge in [-0.25, -0.2) is 4.98 Å². The van der Waals surface area contributed by atoms with E-state index >= 15 is 0 Å². The van der Waals surface area contributed by atoms with Crippen molar-refractivity contribution in [3.63, 3.8) is 0 Å². The molecule has 0 bridgehead atoms. The van der Waals surface area contributed by atoms with Crippen LogP contribution >= 0.6 is 11.3 Å². The van der Waals surface area contributed by atoms with Gasteiger partial charge in [-0.1, -0.05) is 45.0 Å². The average molecular weight is 475 g/mol. The summed E-state index contributed by atoms with van der Waals surface area (Å²) in [6, 6.07) is 5.73. The summed E-state index contributed by atoms with van der Waals surface area (Å²) in [6.45, 7) is 7.64. The third-order valence-electron chi connectivity index (χ3n) is 6.09. The first-order valence-corrected chi connectivity index (χ1v) is 12.0. The van der Waals surface area contributed by atoms with Crippen LogP contribution in [0.5, 0.6) is 0 Å². The molecule has 1 aliphatic heterocycles. The molecule has 1 saturated heterocycles. The van der Waals surface area contributed by atoms with Crippen molar-refractivity contribution in [3.05, 3.63) is 41.0 Å². The third-order valence-corrected chi connectivity index (χ3v) is 7.06. The topological polar surface area (TPSA) is 115 Å². The van der Waals surface area contributed by atoms with Crippen LogP contribution in [0.1, 0.15) is 44.5 Å². The maximum absolute atomic E-state index is 13.2. The summed E-state index contributed by atoms with van der Waals surface area (Å²) in [5, 5.41) is 26.1. The number of amides is 2. The molecular formula is C24H34N4O4S. The highest BCUT2D eigenvalue weighted by Crippen LogP contribution is 2.29. The molecule has 9 heteroatoms. The number of aliphatic hydroxyl groups excluding tert-OH is 2. The minimum atomic E-state index is -0.793. The lowest BCUT2D eigenvalue weighted by atomic mass is 9.86. The second-order valence-electron chi connectivity index (χ2n) is 9.62. The minimum absolute atomic E-state index is 0.109. The quantitative estimate of drug-likeness (QED) is 0.487. The molecule has 180 valence electrons. The highest BCUT2D eigenvalue weighted by molar-refractivity contribution is 7.13. The summed E-state index contributed by atoms with van der Waals surface area (Å²) in [5.74, 6) is -0.600. The van der Waals surface area contributed by atoms with Crippen molar-refractivity contribution < 1.29 is 19.8 Å². The normalized spacial score (nSPS) is 20.5. The van der Waals surface area contributed by atoms with Crippen LogP contribution in [-0.2, 0) is 9.59 Å². The molecule has 0 unspecified atom stereocenters. The van der Waals surface area contributed by atoms with Crippen LogP contribution in [0.25, 0.3) is 10.4 Å². The van der Waals surface area contributed by atoms with Crippen molar-refractivity contribution >= 4 is 23.2 Å². The third kappa shape index (κ3) is 5.60.